The lowest BCUT2D eigenvalue weighted by Gasteiger charge is -2.09. The van der Waals surface area contributed by atoms with Gasteiger partial charge in [0.2, 0.25) is 0 Å². The van der Waals surface area contributed by atoms with Crippen molar-refractivity contribution in [3.8, 4) is 0 Å². The van der Waals surface area contributed by atoms with E-state index in [1.807, 2.05) is 31.2 Å². The van der Waals surface area contributed by atoms with Crippen molar-refractivity contribution in [3.05, 3.63) is 60.8 Å². The van der Waals surface area contributed by atoms with Crippen LogP contribution in [0.15, 0.2) is 49.6 Å². The fraction of sp³-hybridized carbons (Fsp3) is 0.278. The van der Waals surface area contributed by atoms with E-state index >= 15 is 0 Å². The number of allylic oxidation sites excluding steroid dienone is 2. The standard InChI is InChI=1S/C18H21NO2/c1-4-9-14-15-10-7-8-11-16(15)19(12-5-2)17(14)13-18(20)21-6-3/h4-5,7-8,10-11H,1-2,6,9,12-13H2,3H3. The molecule has 1 heterocycles. The minimum Gasteiger partial charge on any atom is -0.466 e. The molecular formula is C18H21NO2. The molecule has 0 aliphatic rings. The molecule has 0 unspecified atom stereocenters. The SMILES string of the molecule is C=CCc1c(CC(=O)OCC)n(CC=C)c2ccccc12. The van der Waals surface area contributed by atoms with Crippen LogP contribution in [0.25, 0.3) is 10.9 Å². The first-order valence-electron chi connectivity index (χ1n) is 7.19. The zero-order valence-corrected chi connectivity index (χ0v) is 12.5. The molecule has 0 fully saturated rings. The Hall–Kier alpha value is -2.29. The Kier molecular flexibility index (Phi) is 4.99. The van der Waals surface area contributed by atoms with Crippen LogP contribution in [-0.2, 0) is 28.9 Å². The summed E-state index contributed by atoms with van der Waals surface area (Å²) in [6.07, 6.45) is 4.73. The van der Waals surface area contributed by atoms with Gasteiger partial charge >= 0.3 is 5.97 Å². The number of ether oxygens (including phenoxy) is 1. The number of hydrogen-bond donors (Lipinski definition) is 0. The van der Waals surface area contributed by atoms with Gasteiger partial charge in [0, 0.05) is 23.1 Å². The summed E-state index contributed by atoms with van der Waals surface area (Å²) in [6.45, 7) is 10.5. The molecule has 0 atom stereocenters. The summed E-state index contributed by atoms with van der Waals surface area (Å²) < 4.78 is 7.24. The molecule has 0 aliphatic carbocycles. The van der Waals surface area contributed by atoms with E-state index in [2.05, 4.69) is 29.9 Å². The highest BCUT2D eigenvalue weighted by Gasteiger charge is 2.18. The third-order valence-electron chi connectivity index (χ3n) is 3.47. The van der Waals surface area contributed by atoms with E-state index in [0.717, 1.165) is 23.2 Å². The van der Waals surface area contributed by atoms with E-state index in [4.69, 9.17) is 4.74 Å². The zero-order valence-electron chi connectivity index (χ0n) is 12.5. The van der Waals surface area contributed by atoms with Crippen LogP contribution in [0.3, 0.4) is 0 Å². The molecule has 2 rings (SSSR count). The monoisotopic (exact) mass is 283 g/mol. The first-order valence-corrected chi connectivity index (χ1v) is 7.19. The molecule has 0 radical (unpaired) electrons. The lowest BCUT2D eigenvalue weighted by atomic mass is 10.1. The second-order valence-electron chi connectivity index (χ2n) is 4.82. The summed E-state index contributed by atoms with van der Waals surface area (Å²) in [6, 6.07) is 8.18. The average Bonchev–Trinajstić information content (AvgIpc) is 2.75. The number of fused-ring (bicyclic) bond motifs is 1. The number of esters is 1. The molecule has 1 aromatic carbocycles. The van der Waals surface area contributed by atoms with Crippen molar-refractivity contribution in [2.45, 2.75) is 26.3 Å². The number of para-hydroxylation sites is 1. The summed E-state index contributed by atoms with van der Waals surface area (Å²) in [5, 5.41) is 1.17. The highest BCUT2D eigenvalue weighted by Crippen LogP contribution is 2.28. The van der Waals surface area contributed by atoms with E-state index in [1.54, 1.807) is 0 Å². The molecule has 0 amide bonds. The lowest BCUT2D eigenvalue weighted by molar-refractivity contribution is -0.142. The largest absolute Gasteiger partial charge is 0.466 e. The topological polar surface area (TPSA) is 31.2 Å². The van der Waals surface area contributed by atoms with Crippen molar-refractivity contribution in [2.24, 2.45) is 0 Å². The number of rotatable bonds is 7. The minimum atomic E-state index is -0.198. The first kappa shape index (κ1) is 15.1. The van der Waals surface area contributed by atoms with Crippen LogP contribution in [0.5, 0.6) is 0 Å². The molecule has 21 heavy (non-hydrogen) atoms. The second-order valence-corrected chi connectivity index (χ2v) is 4.82. The Morgan fingerprint density at radius 1 is 1.29 bits per heavy atom. The Balaban J connectivity index is 2.59. The van der Waals surface area contributed by atoms with Gasteiger partial charge in [0.25, 0.3) is 0 Å². The van der Waals surface area contributed by atoms with E-state index < -0.39 is 0 Å². The summed E-state index contributed by atoms with van der Waals surface area (Å²) in [7, 11) is 0. The maximum atomic E-state index is 11.9. The predicted octanol–water partition coefficient (Wildman–Crippen LogP) is 3.66. The third kappa shape index (κ3) is 3.07. The molecule has 0 saturated carbocycles. The molecule has 3 nitrogen and oxygen atoms in total. The van der Waals surface area contributed by atoms with Crippen molar-refractivity contribution in [1.82, 2.24) is 4.57 Å². The van der Waals surface area contributed by atoms with Crippen LogP contribution < -0.4 is 0 Å². The Morgan fingerprint density at radius 3 is 2.71 bits per heavy atom. The number of carbonyl (C=O) groups excluding carboxylic acids is 1. The highest BCUT2D eigenvalue weighted by molar-refractivity contribution is 5.87. The average molecular weight is 283 g/mol. The van der Waals surface area contributed by atoms with Gasteiger partial charge < -0.3 is 9.30 Å². The quantitative estimate of drug-likeness (QED) is 0.573. The molecule has 2 aromatic rings. The number of carbonyl (C=O) groups is 1. The molecule has 0 bridgehead atoms. The summed E-state index contributed by atoms with van der Waals surface area (Å²) in [4.78, 5) is 11.9. The number of hydrogen-bond acceptors (Lipinski definition) is 2. The summed E-state index contributed by atoms with van der Waals surface area (Å²) in [5.41, 5.74) is 3.26. The van der Waals surface area contributed by atoms with Gasteiger partial charge in [-0.2, -0.15) is 0 Å². The number of benzene rings is 1. The maximum absolute atomic E-state index is 11.9. The van der Waals surface area contributed by atoms with Gasteiger partial charge in [0.15, 0.2) is 0 Å². The molecule has 0 aliphatic heterocycles. The molecule has 0 N–H and O–H groups in total. The summed E-state index contributed by atoms with van der Waals surface area (Å²) >= 11 is 0. The lowest BCUT2D eigenvalue weighted by Crippen LogP contribution is -2.13. The van der Waals surface area contributed by atoms with Crippen LogP contribution in [0, 0.1) is 0 Å². The predicted molar refractivity (Wildman–Crippen MR) is 86.4 cm³/mol. The van der Waals surface area contributed by atoms with Gasteiger partial charge in [-0.1, -0.05) is 30.4 Å². The van der Waals surface area contributed by atoms with Crippen molar-refractivity contribution >= 4 is 16.9 Å². The zero-order chi connectivity index (χ0) is 15.2. The summed E-state index contributed by atoms with van der Waals surface area (Å²) in [5.74, 6) is -0.198. The first-order chi connectivity index (χ1) is 10.2. The normalized spacial score (nSPS) is 10.5. The van der Waals surface area contributed by atoms with Crippen LogP contribution >= 0.6 is 0 Å². The molecule has 3 heteroatoms. The van der Waals surface area contributed by atoms with Gasteiger partial charge in [-0.05, 0) is 25.0 Å². The van der Waals surface area contributed by atoms with E-state index in [1.165, 1.54) is 5.39 Å². The Morgan fingerprint density at radius 2 is 2.05 bits per heavy atom. The fourth-order valence-electron chi connectivity index (χ4n) is 2.69. The van der Waals surface area contributed by atoms with Crippen LogP contribution in [0.2, 0.25) is 0 Å². The van der Waals surface area contributed by atoms with Crippen molar-refractivity contribution < 1.29 is 9.53 Å². The Bertz CT molecular complexity index is 620. The molecule has 0 spiro atoms. The highest BCUT2D eigenvalue weighted by atomic mass is 16.5. The van der Waals surface area contributed by atoms with Gasteiger partial charge in [-0.25, -0.2) is 0 Å². The van der Waals surface area contributed by atoms with E-state index in [0.29, 0.717) is 13.2 Å². The van der Waals surface area contributed by atoms with E-state index in [9.17, 15) is 4.79 Å². The number of nitrogens with zero attached hydrogens (tertiary/aromatic N) is 1. The van der Waals surface area contributed by atoms with Crippen LogP contribution in [0.1, 0.15) is 18.2 Å². The van der Waals surface area contributed by atoms with Gasteiger partial charge in [-0.15, -0.1) is 13.2 Å². The van der Waals surface area contributed by atoms with Crippen LogP contribution in [0.4, 0.5) is 0 Å². The molecule has 110 valence electrons. The molecule has 0 saturated heterocycles. The number of aromatic nitrogens is 1. The van der Waals surface area contributed by atoms with Crippen LogP contribution in [-0.4, -0.2) is 17.1 Å². The van der Waals surface area contributed by atoms with Crippen molar-refractivity contribution in [2.75, 3.05) is 6.61 Å². The fourth-order valence-corrected chi connectivity index (χ4v) is 2.69. The van der Waals surface area contributed by atoms with Gasteiger partial charge in [-0.3, -0.25) is 4.79 Å². The van der Waals surface area contributed by atoms with Crippen molar-refractivity contribution in [3.63, 3.8) is 0 Å². The van der Waals surface area contributed by atoms with Crippen molar-refractivity contribution in [1.29, 1.82) is 0 Å². The second kappa shape index (κ2) is 6.93. The third-order valence-corrected chi connectivity index (χ3v) is 3.47. The minimum absolute atomic E-state index is 0.198. The Labute approximate surface area is 125 Å². The maximum Gasteiger partial charge on any atom is 0.311 e. The molecule has 1 aromatic heterocycles. The van der Waals surface area contributed by atoms with E-state index in [-0.39, 0.29) is 12.4 Å². The molecular weight excluding hydrogens is 262 g/mol. The van der Waals surface area contributed by atoms with Gasteiger partial charge in [0.05, 0.1) is 13.0 Å². The smallest absolute Gasteiger partial charge is 0.311 e. The van der Waals surface area contributed by atoms with Gasteiger partial charge in [0.1, 0.15) is 0 Å².